The minimum absolute atomic E-state index is 0.400. The summed E-state index contributed by atoms with van der Waals surface area (Å²) >= 11 is 5.94. The molecular weight excluding hydrogens is 240 g/mol. The Morgan fingerprint density at radius 3 is 3.18 bits per heavy atom. The molecular formula is C11H13ClN4O. The van der Waals surface area contributed by atoms with Gasteiger partial charge in [0.05, 0.1) is 19.2 Å². The maximum absolute atomic E-state index is 8.85. The molecule has 90 valence electrons. The van der Waals surface area contributed by atoms with E-state index < -0.39 is 6.10 Å². The second-order valence-electron chi connectivity index (χ2n) is 3.75. The van der Waals surface area contributed by atoms with Gasteiger partial charge in [-0.1, -0.05) is 18.5 Å². The van der Waals surface area contributed by atoms with Crippen LogP contribution in [0, 0.1) is 11.3 Å². The fourth-order valence-electron chi connectivity index (χ4n) is 1.71. The average Bonchev–Trinajstić information content (AvgIpc) is 2.38. The molecule has 1 fully saturated rings. The number of hydrogen-bond acceptors (Lipinski definition) is 5. The largest absolute Gasteiger partial charge is 0.360 e. The Hall–Kier alpha value is -1.38. The zero-order valence-corrected chi connectivity index (χ0v) is 10.3. The normalized spacial score (nSPS) is 20.1. The van der Waals surface area contributed by atoms with Crippen molar-refractivity contribution in [1.82, 2.24) is 9.97 Å². The molecule has 0 bridgehead atoms. The topological polar surface area (TPSA) is 62.0 Å². The van der Waals surface area contributed by atoms with Crippen LogP contribution in [0.1, 0.15) is 12.7 Å². The fourth-order valence-corrected chi connectivity index (χ4v) is 1.90. The van der Waals surface area contributed by atoms with Crippen molar-refractivity contribution in [3.63, 3.8) is 0 Å². The van der Waals surface area contributed by atoms with Crippen LogP contribution >= 0.6 is 11.6 Å². The second kappa shape index (κ2) is 5.30. The highest BCUT2D eigenvalue weighted by Crippen LogP contribution is 2.18. The number of nitriles is 1. The van der Waals surface area contributed by atoms with Crippen molar-refractivity contribution in [2.75, 3.05) is 24.6 Å². The van der Waals surface area contributed by atoms with Gasteiger partial charge in [0.15, 0.2) is 6.10 Å². The van der Waals surface area contributed by atoms with Crippen LogP contribution in [-0.4, -0.2) is 35.8 Å². The lowest BCUT2D eigenvalue weighted by atomic mass is 10.3. The highest BCUT2D eigenvalue weighted by Gasteiger charge is 2.21. The molecule has 1 aliphatic heterocycles. The minimum Gasteiger partial charge on any atom is -0.360 e. The summed E-state index contributed by atoms with van der Waals surface area (Å²) in [6.45, 7) is 3.75. The smallest absolute Gasteiger partial charge is 0.161 e. The number of aromatic nitrogens is 2. The van der Waals surface area contributed by atoms with E-state index in [9.17, 15) is 0 Å². The van der Waals surface area contributed by atoms with E-state index in [0.29, 0.717) is 30.7 Å². The number of aryl methyl sites for hydroxylation is 1. The molecule has 0 saturated carbocycles. The quantitative estimate of drug-likeness (QED) is 0.745. The summed E-state index contributed by atoms with van der Waals surface area (Å²) in [5.74, 6) is 1.48. The van der Waals surface area contributed by atoms with E-state index in [1.807, 2.05) is 11.8 Å². The number of ether oxygens (including phenoxy) is 1. The van der Waals surface area contributed by atoms with Crippen LogP contribution in [0.3, 0.4) is 0 Å². The van der Waals surface area contributed by atoms with Crippen LogP contribution in [0.4, 0.5) is 5.82 Å². The molecule has 2 rings (SSSR count). The third-order valence-corrected chi connectivity index (χ3v) is 2.77. The van der Waals surface area contributed by atoms with Crippen molar-refractivity contribution in [2.45, 2.75) is 19.4 Å². The Morgan fingerprint density at radius 1 is 1.65 bits per heavy atom. The van der Waals surface area contributed by atoms with Crippen molar-refractivity contribution >= 4 is 17.4 Å². The van der Waals surface area contributed by atoms with E-state index in [4.69, 9.17) is 21.6 Å². The molecule has 0 amide bonds. The highest BCUT2D eigenvalue weighted by atomic mass is 35.5. The van der Waals surface area contributed by atoms with Crippen molar-refractivity contribution in [2.24, 2.45) is 0 Å². The number of rotatable bonds is 2. The van der Waals surface area contributed by atoms with E-state index in [0.717, 1.165) is 12.2 Å². The van der Waals surface area contributed by atoms with E-state index in [1.165, 1.54) is 0 Å². The van der Waals surface area contributed by atoms with Gasteiger partial charge in [-0.05, 0) is 0 Å². The standard InChI is InChI=1S/C11H13ClN4O/c1-2-10-14-9(12)5-11(15-10)16-3-4-17-8(6-13)7-16/h5,8H,2-4,7H2,1H3. The van der Waals surface area contributed by atoms with Crippen LogP contribution in [0.5, 0.6) is 0 Å². The van der Waals surface area contributed by atoms with Gasteiger partial charge in [-0.25, -0.2) is 9.97 Å². The number of nitrogens with zero attached hydrogens (tertiary/aromatic N) is 4. The van der Waals surface area contributed by atoms with Gasteiger partial charge in [0.2, 0.25) is 0 Å². The third-order valence-electron chi connectivity index (χ3n) is 2.58. The molecule has 1 aromatic heterocycles. The van der Waals surface area contributed by atoms with E-state index in [1.54, 1.807) is 6.07 Å². The SMILES string of the molecule is CCc1nc(Cl)cc(N2CCOC(C#N)C2)n1. The van der Waals surface area contributed by atoms with E-state index >= 15 is 0 Å². The zero-order chi connectivity index (χ0) is 12.3. The molecule has 1 atom stereocenters. The van der Waals surface area contributed by atoms with Gasteiger partial charge < -0.3 is 9.64 Å². The lowest BCUT2D eigenvalue weighted by molar-refractivity contribution is 0.0761. The second-order valence-corrected chi connectivity index (χ2v) is 4.14. The maximum atomic E-state index is 8.85. The highest BCUT2D eigenvalue weighted by molar-refractivity contribution is 6.29. The number of anilines is 1. The van der Waals surface area contributed by atoms with Crippen LogP contribution in [0.15, 0.2) is 6.07 Å². The average molecular weight is 253 g/mol. The van der Waals surface area contributed by atoms with Gasteiger partial charge >= 0.3 is 0 Å². The molecule has 5 nitrogen and oxygen atoms in total. The third kappa shape index (κ3) is 2.84. The molecule has 1 unspecified atom stereocenters. The Bertz CT molecular complexity index is 446. The molecule has 0 aromatic carbocycles. The predicted molar refractivity (Wildman–Crippen MR) is 64.0 cm³/mol. The molecule has 0 N–H and O–H groups in total. The summed E-state index contributed by atoms with van der Waals surface area (Å²) in [5, 5.41) is 9.29. The molecule has 1 aliphatic rings. The van der Waals surface area contributed by atoms with Gasteiger partial charge in [0.1, 0.15) is 16.8 Å². The fraction of sp³-hybridized carbons (Fsp3) is 0.545. The van der Waals surface area contributed by atoms with Crippen molar-refractivity contribution in [1.29, 1.82) is 5.26 Å². The molecule has 6 heteroatoms. The summed E-state index contributed by atoms with van der Waals surface area (Å²) in [7, 11) is 0. The summed E-state index contributed by atoms with van der Waals surface area (Å²) in [6.07, 6.45) is 0.335. The van der Waals surface area contributed by atoms with E-state index in [-0.39, 0.29) is 0 Å². The summed E-state index contributed by atoms with van der Waals surface area (Å²) < 4.78 is 5.29. The van der Waals surface area contributed by atoms with Crippen LogP contribution in [0.25, 0.3) is 0 Å². The Balaban J connectivity index is 2.21. The first kappa shape index (κ1) is 12.1. The molecule has 0 aliphatic carbocycles. The van der Waals surface area contributed by atoms with Crippen LogP contribution in [0.2, 0.25) is 5.15 Å². The van der Waals surface area contributed by atoms with Gasteiger partial charge in [0, 0.05) is 19.0 Å². The van der Waals surface area contributed by atoms with Crippen LogP contribution in [-0.2, 0) is 11.2 Å². The molecule has 0 spiro atoms. The minimum atomic E-state index is -0.400. The monoisotopic (exact) mass is 252 g/mol. The van der Waals surface area contributed by atoms with Gasteiger partial charge in [0.25, 0.3) is 0 Å². The van der Waals surface area contributed by atoms with Gasteiger partial charge in [-0.3, -0.25) is 0 Å². The van der Waals surface area contributed by atoms with Crippen LogP contribution < -0.4 is 4.90 Å². The van der Waals surface area contributed by atoms with Gasteiger partial charge in [-0.2, -0.15) is 5.26 Å². The Kier molecular flexibility index (Phi) is 3.77. The molecule has 1 aromatic rings. The van der Waals surface area contributed by atoms with Crippen molar-refractivity contribution in [3.8, 4) is 6.07 Å². The maximum Gasteiger partial charge on any atom is 0.161 e. The first-order chi connectivity index (χ1) is 8.22. The first-order valence-corrected chi connectivity index (χ1v) is 5.90. The first-order valence-electron chi connectivity index (χ1n) is 5.52. The lowest BCUT2D eigenvalue weighted by Crippen LogP contribution is -2.42. The summed E-state index contributed by atoms with van der Waals surface area (Å²) in [5.41, 5.74) is 0. The zero-order valence-electron chi connectivity index (χ0n) is 9.56. The molecule has 17 heavy (non-hydrogen) atoms. The molecule has 0 radical (unpaired) electrons. The molecule has 2 heterocycles. The predicted octanol–water partition coefficient (Wildman–Crippen LogP) is 1.42. The summed E-state index contributed by atoms with van der Waals surface area (Å²) in [4.78, 5) is 10.5. The van der Waals surface area contributed by atoms with E-state index in [2.05, 4.69) is 16.0 Å². The van der Waals surface area contributed by atoms with Crippen molar-refractivity contribution in [3.05, 3.63) is 17.0 Å². The Morgan fingerprint density at radius 2 is 2.47 bits per heavy atom. The summed E-state index contributed by atoms with van der Waals surface area (Å²) in [6, 6.07) is 3.83. The number of hydrogen-bond donors (Lipinski definition) is 0. The lowest BCUT2D eigenvalue weighted by Gasteiger charge is -2.30. The number of halogens is 1. The molecule has 1 saturated heterocycles. The Labute approximate surface area is 105 Å². The van der Waals surface area contributed by atoms with Crippen molar-refractivity contribution < 1.29 is 4.74 Å². The number of morpholine rings is 1. The van der Waals surface area contributed by atoms with Gasteiger partial charge in [-0.15, -0.1) is 0 Å².